The highest BCUT2D eigenvalue weighted by molar-refractivity contribution is 5.96. The molecular formula is C10H14O5. The Morgan fingerprint density at radius 1 is 1.33 bits per heavy atom. The summed E-state index contributed by atoms with van der Waals surface area (Å²) in [6.45, 7) is 5.95. The molecule has 0 aliphatic rings. The Bertz CT molecular complexity index is 278. The fourth-order valence-corrected chi connectivity index (χ4v) is 0.893. The maximum atomic E-state index is 10.9. The SMILES string of the molecule is C=C(C)C(=O)OCC[C@H](C(C)=O)C(=O)O. The molecule has 0 fully saturated rings. The van der Waals surface area contributed by atoms with Crippen molar-refractivity contribution < 1.29 is 24.2 Å². The zero-order chi connectivity index (χ0) is 12.0. The Morgan fingerprint density at radius 2 is 1.87 bits per heavy atom. The summed E-state index contributed by atoms with van der Waals surface area (Å²) in [4.78, 5) is 32.3. The lowest BCUT2D eigenvalue weighted by atomic mass is 10.0. The van der Waals surface area contributed by atoms with Crippen molar-refractivity contribution in [3.05, 3.63) is 12.2 Å². The average molecular weight is 214 g/mol. The molecule has 0 aromatic rings. The number of Topliss-reactive ketones (excluding diaryl/α,β-unsaturated/α-hetero) is 1. The molecule has 0 unspecified atom stereocenters. The maximum Gasteiger partial charge on any atom is 0.333 e. The van der Waals surface area contributed by atoms with E-state index in [9.17, 15) is 14.4 Å². The molecule has 1 N–H and O–H groups in total. The second kappa shape index (κ2) is 5.95. The molecule has 0 heterocycles. The first kappa shape index (κ1) is 13.4. The van der Waals surface area contributed by atoms with E-state index in [1.807, 2.05) is 0 Å². The normalized spacial score (nSPS) is 11.6. The van der Waals surface area contributed by atoms with E-state index >= 15 is 0 Å². The molecule has 0 amide bonds. The average Bonchev–Trinajstić information content (AvgIpc) is 2.10. The standard InChI is InChI=1S/C10H14O5/c1-6(2)10(14)15-5-4-8(7(3)11)9(12)13/h8H,1,4-5H2,2-3H3,(H,12,13)/t8-/m1/s1. The second-order valence-corrected chi connectivity index (χ2v) is 3.21. The van der Waals surface area contributed by atoms with Gasteiger partial charge in [0.2, 0.25) is 0 Å². The number of hydrogen-bond acceptors (Lipinski definition) is 4. The highest BCUT2D eigenvalue weighted by Crippen LogP contribution is 2.06. The zero-order valence-corrected chi connectivity index (χ0v) is 8.78. The second-order valence-electron chi connectivity index (χ2n) is 3.21. The number of carbonyl (C=O) groups is 3. The summed E-state index contributed by atoms with van der Waals surface area (Å²) in [5.41, 5.74) is 0.240. The van der Waals surface area contributed by atoms with E-state index in [4.69, 9.17) is 5.11 Å². The van der Waals surface area contributed by atoms with E-state index in [1.165, 1.54) is 13.8 Å². The Kier molecular flexibility index (Phi) is 5.30. The van der Waals surface area contributed by atoms with Crippen molar-refractivity contribution in [3.63, 3.8) is 0 Å². The number of hydrogen-bond donors (Lipinski definition) is 1. The lowest BCUT2D eigenvalue weighted by Crippen LogP contribution is -2.23. The molecule has 0 aliphatic carbocycles. The summed E-state index contributed by atoms with van der Waals surface area (Å²) in [6, 6.07) is 0. The van der Waals surface area contributed by atoms with Gasteiger partial charge in [0.25, 0.3) is 0 Å². The molecule has 15 heavy (non-hydrogen) atoms. The Labute approximate surface area is 87.7 Å². The van der Waals surface area contributed by atoms with Crippen LogP contribution >= 0.6 is 0 Å². The Morgan fingerprint density at radius 3 is 2.20 bits per heavy atom. The molecule has 0 saturated heterocycles. The van der Waals surface area contributed by atoms with E-state index in [2.05, 4.69) is 11.3 Å². The Hall–Kier alpha value is -1.65. The summed E-state index contributed by atoms with van der Waals surface area (Å²) in [7, 11) is 0. The third kappa shape index (κ3) is 4.95. The first-order valence-corrected chi connectivity index (χ1v) is 4.42. The fourth-order valence-electron chi connectivity index (χ4n) is 0.893. The topological polar surface area (TPSA) is 80.7 Å². The third-order valence-corrected chi connectivity index (χ3v) is 1.78. The first-order valence-electron chi connectivity index (χ1n) is 4.42. The predicted octanol–water partition coefficient (Wildman–Crippen LogP) is 0.786. The van der Waals surface area contributed by atoms with Gasteiger partial charge in [-0.05, 0) is 13.8 Å². The lowest BCUT2D eigenvalue weighted by molar-refractivity contribution is -0.149. The molecule has 0 aromatic heterocycles. The van der Waals surface area contributed by atoms with Crippen LogP contribution in [0.1, 0.15) is 20.3 Å². The highest BCUT2D eigenvalue weighted by atomic mass is 16.5. The van der Waals surface area contributed by atoms with Gasteiger partial charge in [-0.2, -0.15) is 0 Å². The quantitative estimate of drug-likeness (QED) is 0.401. The largest absolute Gasteiger partial charge is 0.481 e. The van der Waals surface area contributed by atoms with Crippen LogP contribution in [0.2, 0.25) is 0 Å². The minimum Gasteiger partial charge on any atom is -0.481 e. The number of aliphatic carboxylic acids is 1. The van der Waals surface area contributed by atoms with Crippen molar-refractivity contribution in [1.82, 2.24) is 0 Å². The number of carboxylic acid groups (broad SMARTS) is 1. The number of ether oxygens (including phenoxy) is 1. The van der Waals surface area contributed by atoms with E-state index < -0.39 is 23.6 Å². The lowest BCUT2D eigenvalue weighted by Gasteiger charge is -2.08. The Balaban J connectivity index is 4.03. The third-order valence-electron chi connectivity index (χ3n) is 1.78. The molecule has 1 atom stereocenters. The van der Waals surface area contributed by atoms with E-state index in [0.717, 1.165) is 0 Å². The minimum absolute atomic E-state index is 0.0102. The number of esters is 1. The van der Waals surface area contributed by atoms with Crippen LogP contribution in [0.5, 0.6) is 0 Å². The molecule has 0 aliphatic heterocycles. The van der Waals surface area contributed by atoms with Crippen molar-refractivity contribution >= 4 is 17.7 Å². The fraction of sp³-hybridized carbons (Fsp3) is 0.500. The molecule has 0 rings (SSSR count). The van der Waals surface area contributed by atoms with E-state index in [0.29, 0.717) is 0 Å². The molecule has 0 saturated carbocycles. The van der Waals surface area contributed by atoms with Crippen molar-refractivity contribution in [3.8, 4) is 0 Å². The first-order chi connectivity index (χ1) is 6.86. The van der Waals surface area contributed by atoms with Gasteiger partial charge in [-0.15, -0.1) is 0 Å². The highest BCUT2D eigenvalue weighted by Gasteiger charge is 2.22. The molecule has 0 spiro atoms. The van der Waals surface area contributed by atoms with Gasteiger partial charge < -0.3 is 9.84 Å². The van der Waals surface area contributed by atoms with Crippen molar-refractivity contribution in [2.75, 3.05) is 6.61 Å². The van der Waals surface area contributed by atoms with E-state index in [-0.39, 0.29) is 18.6 Å². The molecule has 0 bridgehead atoms. The van der Waals surface area contributed by atoms with Crippen LogP contribution in [0.3, 0.4) is 0 Å². The van der Waals surface area contributed by atoms with Gasteiger partial charge in [0.15, 0.2) is 0 Å². The van der Waals surface area contributed by atoms with Crippen molar-refractivity contribution in [2.24, 2.45) is 5.92 Å². The van der Waals surface area contributed by atoms with Crippen molar-refractivity contribution in [1.29, 1.82) is 0 Å². The zero-order valence-electron chi connectivity index (χ0n) is 8.78. The summed E-state index contributed by atoms with van der Waals surface area (Å²) < 4.78 is 4.68. The van der Waals surface area contributed by atoms with Gasteiger partial charge in [-0.1, -0.05) is 6.58 Å². The number of carboxylic acids is 1. The molecule has 0 radical (unpaired) electrons. The minimum atomic E-state index is -1.20. The summed E-state index contributed by atoms with van der Waals surface area (Å²) >= 11 is 0. The van der Waals surface area contributed by atoms with Gasteiger partial charge in [0.1, 0.15) is 11.7 Å². The van der Waals surface area contributed by atoms with Gasteiger partial charge in [0.05, 0.1) is 6.61 Å². The predicted molar refractivity (Wildman–Crippen MR) is 52.2 cm³/mol. The van der Waals surface area contributed by atoms with Crippen LogP contribution in [0.25, 0.3) is 0 Å². The van der Waals surface area contributed by atoms with Crippen LogP contribution in [-0.2, 0) is 19.1 Å². The molecule has 84 valence electrons. The number of carbonyl (C=O) groups excluding carboxylic acids is 2. The molecule has 5 nitrogen and oxygen atoms in total. The van der Waals surface area contributed by atoms with Gasteiger partial charge in [-0.3, -0.25) is 9.59 Å². The van der Waals surface area contributed by atoms with Gasteiger partial charge in [-0.25, -0.2) is 4.79 Å². The smallest absolute Gasteiger partial charge is 0.333 e. The van der Waals surface area contributed by atoms with Crippen LogP contribution < -0.4 is 0 Å². The van der Waals surface area contributed by atoms with Crippen LogP contribution in [0.15, 0.2) is 12.2 Å². The maximum absolute atomic E-state index is 10.9. The van der Waals surface area contributed by atoms with Crippen molar-refractivity contribution in [2.45, 2.75) is 20.3 Å². The van der Waals surface area contributed by atoms with Crippen LogP contribution in [0.4, 0.5) is 0 Å². The summed E-state index contributed by atoms with van der Waals surface area (Å²) in [5.74, 6) is -3.34. The van der Waals surface area contributed by atoms with Gasteiger partial charge >= 0.3 is 11.9 Å². The number of rotatable bonds is 6. The number of ketones is 1. The monoisotopic (exact) mass is 214 g/mol. The van der Waals surface area contributed by atoms with Gasteiger partial charge in [0, 0.05) is 12.0 Å². The summed E-state index contributed by atoms with van der Waals surface area (Å²) in [6.07, 6.45) is -0.0102. The van der Waals surface area contributed by atoms with E-state index in [1.54, 1.807) is 0 Å². The molecular weight excluding hydrogens is 200 g/mol. The van der Waals surface area contributed by atoms with Crippen LogP contribution in [-0.4, -0.2) is 29.4 Å². The molecule has 0 aromatic carbocycles. The van der Waals surface area contributed by atoms with Crippen LogP contribution in [0, 0.1) is 5.92 Å². The summed E-state index contributed by atoms with van der Waals surface area (Å²) in [5, 5.41) is 8.64. The molecule has 5 heteroatoms.